The first-order valence-electron chi connectivity index (χ1n) is 10.1. The number of rotatable bonds is 4. The predicted octanol–water partition coefficient (Wildman–Crippen LogP) is 5.11. The summed E-state index contributed by atoms with van der Waals surface area (Å²) in [5.74, 6) is 2.23. The van der Waals surface area contributed by atoms with Gasteiger partial charge in [0, 0.05) is 28.2 Å². The van der Waals surface area contributed by atoms with Crippen LogP contribution in [0.1, 0.15) is 33.4 Å². The van der Waals surface area contributed by atoms with Gasteiger partial charge in [0.2, 0.25) is 6.67 Å². The fraction of sp³-hybridized carbons (Fsp3) is 0.400. The minimum atomic E-state index is 1.12. The van der Waals surface area contributed by atoms with Crippen LogP contribution < -0.4 is 9.80 Å². The minimum absolute atomic E-state index is 1.12. The summed E-state index contributed by atoms with van der Waals surface area (Å²) in [5, 5.41) is 0. The Kier molecular flexibility index (Phi) is 5.57. The quantitative estimate of drug-likeness (QED) is 0.719. The third kappa shape index (κ3) is 3.68. The zero-order valence-corrected chi connectivity index (χ0v) is 19.6. The second-order valence-corrected chi connectivity index (χ2v) is 8.70. The van der Waals surface area contributed by atoms with E-state index in [9.17, 15) is 0 Å². The van der Waals surface area contributed by atoms with Crippen LogP contribution in [0.4, 0.5) is 11.4 Å². The Morgan fingerprint density at radius 3 is 1.07 bits per heavy atom. The molecule has 1 aliphatic rings. The van der Waals surface area contributed by atoms with Crippen molar-refractivity contribution in [3.05, 3.63) is 76.0 Å². The second-order valence-electron chi connectivity index (χ2n) is 8.70. The molecule has 0 fully saturated rings. The number of nitrogens with zero attached hydrogens (tertiary/aromatic N) is 4. The molecule has 0 aromatic heterocycles. The van der Waals surface area contributed by atoms with Crippen molar-refractivity contribution >= 4 is 11.4 Å². The van der Waals surface area contributed by atoms with E-state index in [1.54, 1.807) is 0 Å². The van der Waals surface area contributed by atoms with Crippen molar-refractivity contribution in [2.24, 2.45) is 0 Å². The van der Waals surface area contributed by atoms with Crippen molar-refractivity contribution in [3.8, 4) is 0 Å². The zero-order valence-electron chi connectivity index (χ0n) is 19.6. The van der Waals surface area contributed by atoms with Gasteiger partial charge in [0.05, 0.1) is 11.4 Å². The third-order valence-corrected chi connectivity index (χ3v) is 5.39. The van der Waals surface area contributed by atoms with Crippen LogP contribution in [0.2, 0.25) is 0 Å². The molecule has 2 radical (unpaired) electrons. The minimum Gasteiger partial charge on any atom is -0.361 e. The predicted molar refractivity (Wildman–Crippen MR) is 124 cm³/mol. The highest BCUT2D eigenvalue weighted by atomic mass is 15.5. The number of hydrogen-bond donors (Lipinski definition) is 0. The maximum absolute atomic E-state index is 3.70. The number of aryl methyl sites for hydroxylation is 6. The van der Waals surface area contributed by atoms with Crippen molar-refractivity contribution in [1.29, 1.82) is 0 Å². The lowest BCUT2D eigenvalue weighted by molar-refractivity contribution is 0.442. The molecule has 2 aromatic rings. The van der Waals surface area contributed by atoms with Crippen molar-refractivity contribution in [1.82, 2.24) is 9.80 Å². The SMILES string of the molecule is Cc1cc(C)c(N2[C]N(c3c(C)cc(C)cc3C)C(N(C)C)=C2N(C)C)c(C)c1. The molecule has 0 aliphatic carbocycles. The van der Waals surface area contributed by atoms with E-state index in [0.29, 0.717) is 0 Å². The van der Waals surface area contributed by atoms with E-state index in [4.69, 9.17) is 0 Å². The molecule has 4 heteroatoms. The van der Waals surface area contributed by atoms with E-state index in [1.807, 2.05) is 0 Å². The van der Waals surface area contributed by atoms with Gasteiger partial charge in [-0.25, -0.2) is 0 Å². The highest BCUT2D eigenvalue weighted by molar-refractivity contribution is 5.74. The van der Waals surface area contributed by atoms with E-state index < -0.39 is 0 Å². The Labute approximate surface area is 177 Å². The molecule has 0 spiro atoms. The van der Waals surface area contributed by atoms with Crippen molar-refractivity contribution in [3.63, 3.8) is 0 Å². The molecule has 154 valence electrons. The standard InChI is InChI=1S/C25H34N4/c1-16-11-18(3)22(19(4)12-16)28-15-29(25(27(9)10)24(28)26(7)8)23-20(5)13-17(2)14-21(23)6/h11-14H,1-10H3. The van der Waals surface area contributed by atoms with E-state index in [1.165, 1.54) is 44.8 Å². The summed E-state index contributed by atoms with van der Waals surface area (Å²) in [7, 11) is 8.41. The van der Waals surface area contributed by atoms with E-state index in [2.05, 4.69) is 120 Å². The van der Waals surface area contributed by atoms with Gasteiger partial charge in [0.15, 0.2) is 11.6 Å². The molecule has 29 heavy (non-hydrogen) atoms. The van der Waals surface area contributed by atoms with Gasteiger partial charge >= 0.3 is 0 Å². The molecule has 0 saturated carbocycles. The average Bonchev–Trinajstić information content (AvgIpc) is 2.93. The first-order valence-corrected chi connectivity index (χ1v) is 10.1. The van der Waals surface area contributed by atoms with Crippen molar-refractivity contribution in [2.75, 3.05) is 38.0 Å². The number of hydrogen-bond acceptors (Lipinski definition) is 4. The summed E-state index contributed by atoms with van der Waals surface area (Å²) in [6.07, 6.45) is 0. The molecule has 4 nitrogen and oxygen atoms in total. The molecular formula is C25H34N4. The molecule has 0 bridgehead atoms. The van der Waals surface area contributed by atoms with E-state index in [0.717, 1.165) is 11.6 Å². The maximum Gasteiger partial charge on any atom is 0.221 e. The van der Waals surface area contributed by atoms with Crippen LogP contribution in [0.15, 0.2) is 35.9 Å². The van der Waals surface area contributed by atoms with Gasteiger partial charge < -0.3 is 9.80 Å². The topological polar surface area (TPSA) is 13.0 Å². The first kappa shape index (κ1) is 21.1. The Bertz CT molecular complexity index is 845. The summed E-state index contributed by atoms with van der Waals surface area (Å²) < 4.78 is 0. The normalized spacial score (nSPS) is 14.1. The van der Waals surface area contributed by atoms with Gasteiger partial charge in [-0.15, -0.1) is 0 Å². The van der Waals surface area contributed by atoms with Gasteiger partial charge in [-0.05, 0) is 63.8 Å². The van der Waals surface area contributed by atoms with Crippen LogP contribution in [-0.4, -0.2) is 38.0 Å². The zero-order chi connectivity index (χ0) is 21.6. The lowest BCUT2D eigenvalue weighted by atomic mass is 10.0. The summed E-state index contributed by atoms with van der Waals surface area (Å²) in [4.78, 5) is 8.80. The van der Waals surface area contributed by atoms with Crippen LogP contribution in [0.25, 0.3) is 0 Å². The number of anilines is 2. The molecule has 2 aromatic carbocycles. The molecule has 3 rings (SSSR count). The lowest BCUT2D eigenvalue weighted by Crippen LogP contribution is -2.29. The average molecular weight is 391 g/mol. The summed E-state index contributed by atoms with van der Waals surface area (Å²) >= 11 is 0. The van der Waals surface area contributed by atoms with Gasteiger partial charge in [0.1, 0.15) is 0 Å². The highest BCUT2D eigenvalue weighted by Gasteiger charge is 2.37. The van der Waals surface area contributed by atoms with Gasteiger partial charge in [-0.1, -0.05) is 35.4 Å². The monoisotopic (exact) mass is 390 g/mol. The van der Waals surface area contributed by atoms with E-state index >= 15 is 0 Å². The van der Waals surface area contributed by atoms with Gasteiger partial charge in [-0.3, -0.25) is 9.80 Å². The van der Waals surface area contributed by atoms with Crippen molar-refractivity contribution < 1.29 is 0 Å². The molecule has 1 aliphatic heterocycles. The summed E-state index contributed by atoms with van der Waals surface area (Å²) in [6, 6.07) is 8.99. The summed E-state index contributed by atoms with van der Waals surface area (Å²) in [5.41, 5.74) is 9.99. The van der Waals surface area contributed by atoms with E-state index in [-0.39, 0.29) is 0 Å². The van der Waals surface area contributed by atoms with Crippen LogP contribution >= 0.6 is 0 Å². The van der Waals surface area contributed by atoms with Crippen molar-refractivity contribution in [2.45, 2.75) is 41.5 Å². The molecular weight excluding hydrogens is 356 g/mol. The maximum atomic E-state index is 3.70. The molecule has 0 atom stereocenters. The van der Waals surface area contributed by atoms with Crippen LogP contribution in [0, 0.1) is 48.2 Å². The second kappa shape index (κ2) is 7.66. The fourth-order valence-corrected chi connectivity index (χ4v) is 4.56. The Balaban J connectivity index is 2.25. The highest BCUT2D eigenvalue weighted by Crippen LogP contribution is 2.42. The van der Waals surface area contributed by atoms with Crippen LogP contribution in [0.3, 0.4) is 0 Å². The molecule has 0 unspecified atom stereocenters. The lowest BCUT2D eigenvalue weighted by Gasteiger charge is -2.29. The smallest absolute Gasteiger partial charge is 0.221 e. The summed E-state index contributed by atoms with van der Waals surface area (Å²) in [6.45, 7) is 16.7. The third-order valence-electron chi connectivity index (χ3n) is 5.39. The first-order chi connectivity index (χ1) is 13.5. The molecule has 0 amide bonds. The Hall–Kier alpha value is -2.62. The van der Waals surface area contributed by atoms with Crippen LogP contribution in [0.5, 0.6) is 0 Å². The largest absolute Gasteiger partial charge is 0.361 e. The fourth-order valence-electron chi connectivity index (χ4n) is 4.56. The molecule has 0 saturated heterocycles. The molecule has 1 heterocycles. The van der Waals surface area contributed by atoms with Gasteiger partial charge in [-0.2, -0.15) is 0 Å². The van der Waals surface area contributed by atoms with Crippen LogP contribution in [-0.2, 0) is 0 Å². The molecule has 0 N–H and O–H groups in total. The Morgan fingerprint density at radius 1 is 0.552 bits per heavy atom. The number of benzene rings is 2. The Morgan fingerprint density at radius 2 is 0.828 bits per heavy atom. The van der Waals surface area contributed by atoms with Gasteiger partial charge in [0.25, 0.3) is 0 Å².